The molecule has 5 heteroatoms. The van der Waals surface area contributed by atoms with Crippen molar-refractivity contribution in [3.05, 3.63) is 101 Å². The Labute approximate surface area is 230 Å². The number of carbonyl (C=O) groups is 1. The van der Waals surface area contributed by atoms with Crippen LogP contribution in [0.15, 0.2) is 84.4 Å². The molecule has 1 saturated heterocycles. The van der Waals surface area contributed by atoms with Crippen molar-refractivity contribution in [2.75, 3.05) is 14.2 Å². The van der Waals surface area contributed by atoms with Gasteiger partial charge in [0, 0.05) is 18.3 Å². The largest absolute Gasteiger partial charge is 0.497 e. The second-order valence-electron chi connectivity index (χ2n) is 11.2. The van der Waals surface area contributed by atoms with Gasteiger partial charge in [-0.15, -0.1) is 0 Å². The van der Waals surface area contributed by atoms with E-state index >= 15 is 0 Å². The van der Waals surface area contributed by atoms with Gasteiger partial charge in [-0.25, -0.2) is 0 Å². The summed E-state index contributed by atoms with van der Waals surface area (Å²) in [6.07, 6.45) is 6.10. The lowest BCUT2D eigenvalue weighted by Gasteiger charge is -2.58. The van der Waals surface area contributed by atoms with E-state index < -0.39 is 17.3 Å². The van der Waals surface area contributed by atoms with Gasteiger partial charge in [0.25, 0.3) is 0 Å². The molecule has 1 heterocycles. The molecule has 3 aliphatic rings. The Bertz CT molecular complexity index is 1350. The van der Waals surface area contributed by atoms with Gasteiger partial charge in [0.2, 0.25) is 0 Å². The number of ketones is 1. The van der Waals surface area contributed by atoms with Crippen LogP contribution in [0, 0.1) is 11.3 Å². The van der Waals surface area contributed by atoms with Gasteiger partial charge in [-0.2, -0.15) is 0 Å². The predicted octanol–water partition coefficient (Wildman–Crippen LogP) is 6.87. The first-order chi connectivity index (χ1) is 19.0. The molecule has 1 spiro atoms. The highest BCUT2D eigenvalue weighted by atomic mass is 16.6. The fourth-order valence-electron chi connectivity index (χ4n) is 7.35. The van der Waals surface area contributed by atoms with E-state index in [-0.39, 0.29) is 17.6 Å². The summed E-state index contributed by atoms with van der Waals surface area (Å²) in [7, 11) is 3.29. The number of methoxy groups -OCH3 is 2. The summed E-state index contributed by atoms with van der Waals surface area (Å²) in [6.45, 7) is 0. The maximum atomic E-state index is 14.8. The molecule has 2 saturated carbocycles. The second-order valence-corrected chi connectivity index (χ2v) is 11.2. The third kappa shape index (κ3) is 4.38. The lowest BCUT2D eigenvalue weighted by atomic mass is 9.55. The smallest absolute Gasteiger partial charge is 0.169 e. The standard InChI is InChI=1S/C34H36O5/c1-37-27-15-11-23(12-16-27)22-26-19-21-33(31(26)35)30(24-8-4-3-5-9-24)29-10-6-7-20-34(29,36)39-32(33)25-13-17-28(38-2)18-14-25/h3-5,8-9,11-18,22,29-30,32,36H,6-7,10,19-21H2,1-2H3/b26-22+. The van der Waals surface area contributed by atoms with Gasteiger partial charge in [-0.1, -0.05) is 61.0 Å². The molecule has 6 rings (SSSR count). The van der Waals surface area contributed by atoms with Crippen molar-refractivity contribution in [1.29, 1.82) is 0 Å². The molecule has 0 radical (unpaired) electrons. The van der Waals surface area contributed by atoms with E-state index in [1.165, 1.54) is 0 Å². The Morgan fingerprint density at radius 2 is 1.51 bits per heavy atom. The zero-order chi connectivity index (χ0) is 27.0. The van der Waals surface area contributed by atoms with Crippen LogP contribution < -0.4 is 9.47 Å². The van der Waals surface area contributed by atoms with Gasteiger partial charge in [0.1, 0.15) is 11.5 Å². The third-order valence-electron chi connectivity index (χ3n) is 9.18. The minimum atomic E-state index is -1.28. The average molecular weight is 525 g/mol. The third-order valence-corrected chi connectivity index (χ3v) is 9.18. The number of rotatable bonds is 5. The summed E-state index contributed by atoms with van der Waals surface area (Å²) >= 11 is 0. The number of hydrogen-bond acceptors (Lipinski definition) is 5. The van der Waals surface area contributed by atoms with Crippen LogP contribution in [0.4, 0.5) is 0 Å². The number of ether oxygens (including phenoxy) is 3. The molecule has 202 valence electrons. The van der Waals surface area contributed by atoms with E-state index in [9.17, 15) is 9.90 Å². The SMILES string of the molecule is COc1ccc(/C=C2\CCC3(C2=O)C(c2ccc(OC)cc2)OC2(O)CCCCC2C3c2ccccc2)cc1. The van der Waals surface area contributed by atoms with Gasteiger partial charge in [-0.05, 0) is 78.3 Å². The second kappa shape index (κ2) is 10.3. The molecule has 0 aromatic heterocycles. The summed E-state index contributed by atoms with van der Waals surface area (Å²) < 4.78 is 17.5. The number of Topliss-reactive ketones (excluding diaryl/α,β-unsaturated/α-hetero) is 1. The molecule has 1 aliphatic heterocycles. The summed E-state index contributed by atoms with van der Waals surface area (Å²) in [5, 5.41) is 12.1. The maximum absolute atomic E-state index is 14.8. The molecule has 3 fully saturated rings. The summed E-state index contributed by atoms with van der Waals surface area (Å²) in [4.78, 5) is 14.8. The molecule has 3 aromatic carbocycles. The molecular formula is C34H36O5. The molecule has 5 nitrogen and oxygen atoms in total. The van der Waals surface area contributed by atoms with E-state index in [0.29, 0.717) is 19.3 Å². The van der Waals surface area contributed by atoms with Crippen LogP contribution in [0.3, 0.4) is 0 Å². The number of benzene rings is 3. The van der Waals surface area contributed by atoms with E-state index in [0.717, 1.165) is 53.0 Å². The molecule has 5 unspecified atom stereocenters. The van der Waals surface area contributed by atoms with Crippen LogP contribution in [0.25, 0.3) is 6.08 Å². The molecule has 5 atom stereocenters. The molecule has 3 aromatic rings. The van der Waals surface area contributed by atoms with Crippen molar-refractivity contribution >= 4 is 11.9 Å². The lowest BCUT2D eigenvalue weighted by molar-refractivity contribution is -0.330. The Kier molecular flexibility index (Phi) is 6.82. The molecule has 1 N–H and O–H groups in total. The van der Waals surface area contributed by atoms with Gasteiger partial charge in [-0.3, -0.25) is 4.79 Å². The van der Waals surface area contributed by atoms with Crippen molar-refractivity contribution in [3.8, 4) is 11.5 Å². The Morgan fingerprint density at radius 3 is 2.18 bits per heavy atom. The Hall–Kier alpha value is -3.41. The quantitative estimate of drug-likeness (QED) is 0.369. The first-order valence-corrected chi connectivity index (χ1v) is 14.0. The number of fused-ring (bicyclic) bond motifs is 1. The average Bonchev–Trinajstić information content (AvgIpc) is 3.29. The van der Waals surface area contributed by atoms with Crippen LogP contribution in [-0.4, -0.2) is 30.9 Å². The van der Waals surface area contributed by atoms with Crippen molar-refractivity contribution in [1.82, 2.24) is 0 Å². The van der Waals surface area contributed by atoms with Crippen molar-refractivity contribution in [2.45, 2.75) is 56.3 Å². The highest BCUT2D eigenvalue weighted by Gasteiger charge is 2.66. The molecule has 0 bridgehead atoms. The van der Waals surface area contributed by atoms with Crippen LogP contribution in [0.2, 0.25) is 0 Å². The van der Waals surface area contributed by atoms with Crippen LogP contribution in [0.5, 0.6) is 11.5 Å². The highest BCUT2D eigenvalue weighted by molar-refractivity contribution is 6.07. The molecule has 39 heavy (non-hydrogen) atoms. The van der Waals surface area contributed by atoms with Crippen molar-refractivity contribution < 1.29 is 24.1 Å². The number of aliphatic hydroxyl groups is 1. The van der Waals surface area contributed by atoms with E-state index in [1.54, 1.807) is 14.2 Å². The normalized spacial score (nSPS) is 31.3. The van der Waals surface area contributed by atoms with E-state index in [4.69, 9.17) is 14.2 Å². The zero-order valence-corrected chi connectivity index (χ0v) is 22.6. The Morgan fingerprint density at radius 1 is 0.846 bits per heavy atom. The summed E-state index contributed by atoms with van der Waals surface area (Å²) in [5.41, 5.74) is 2.95. The van der Waals surface area contributed by atoms with Crippen molar-refractivity contribution in [3.63, 3.8) is 0 Å². The maximum Gasteiger partial charge on any atom is 0.169 e. The van der Waals surface area contributed by atoms with E-state index in [2.05, 4.69) is 12.1 Å². The number of hydrogen-bond donors (Lipinski definition) is 1. The summed E-state index contributed by atoms with van der Waals surface area (Å²) in [6, 6.07) is 25.9. The monoisotopic (exact) mass is 524 g/mol. The van der Waals surface area contributed by atoms with E-state index in [1.807, 2.05) is 72.8 Å². The number of allylic oxidation sites excluding steroid dienone is 1. The van der Waals surface area contributed by atoms with Crippen LogP contribution >= 0.6 is 0 Å². The topological polar surface area (TPSA) is 65.0 Å². The van der Waals surface area contributed by atoms with Gasteiger partial charge < -0.3 is 19.3 Å². The minimum absolute atomic E-state index is 0.126. The summed E-state index contributed by atoms with van der Waals surface area (Å²) in [5.74, 6) is 0.0481. The molecule has 0 amide bonds. The van der Waals surface area contributed by atoms with Crippen LogP contribution in [-0.2, 0) is 9.53 Å². The fraction of sp³-hybridized carbons (Fsp3) is 0.382. The highest BCUT2D eigenvalue weighted by Crippen LogP contribution is 2.67. The first-order valence-electron chi connectivity index (χ1n) is 14.0. The van der Waals surface area contributed by atoms with Crippen LogP contribution in [0.1, 0.15) is 67.2 Å². The fourth-order valence-corrected chi connectivity index (χ4v) is 7.35. The van der Waals surface area contributed by atoms with Crippen molar-refractivity contribution in [2.24, 2.45) is 11.3 Å². The minimum Gasteiger partial charge on any atom is -0.497 e. The predicted molar refractivity (Wildman–Crippen MR) is 151 cm³/mol. The zero-order valence-electron chi connectivity index (χ0n) is 22.6. The molecule has 2 aliphatic carbocycles. The van der Waals surface area contributed by atoms with Gasteiger partial charge in [0.15, 0.2) is 11.6 Å². The van der Waals surface area contributed by atoms with Gasteiger partial charge >= 0.3 is 0 Å². The molecular weight excluding hydrogens is 488 g/mol. The van der Waals surface area contributed by atoms with Gasteiger partial charge in [0.05, 0.1) is 25.7 Å². The first kappa shape index (κ1) is 25.8. The number of carbonyl (C=O) groups excluding carboxylic acids is 1. The lowest BCUT2D eigenvalue weighted by Crippen LogP contribution is -2.59. The Balaban J connectivity index is 1.51.